The highest BCUT2D eigenvalue weighted by Crippen LogP contribution is 2.54. The van der Waals surface area contributed by atoms with Crippen molar-refractivity contribution in [2.45, 2.75) is 31.9 Å². The largest absolute Gasteiger partial charge is 0.462 e. The number of nitro benzene ring substituents is 1. The van der Waals surface area contributed by atoms with Crippen LogP contribution in [0, 0.1) is 17.0 Å². The van der Waals surface area contributed by atoms with E-state index in [0.29, 0.717) is 5.75 Å². The number of benzene rings is 2. The first-order valence-electron chi connectivity index (χ1n) is 8.28. The van der Waals surface area contributed by atoms with Crippen molar-refractivity contribution in [3.8, 4) is 5.75 Å². The highest BCUT2D eigenvalue weighted by Gasteiger charge is 2.57. The molecule has 0 fully saturated rings. The van der Waals surface area contributed by atoms with Crippen LogP contribution in [0.15, 0.2) is 42.5 Å². The Morgan fingerprint density at radius 2 is 1.92 bits per heavy atom. The SMILES string of the molecule is Cc1cc([N+](=O)[O-])cc2c1OC1(C=C2)N(C)c2ccccc2C1(C)C. The van der Waals surface area contributed by atoms with Gasteiger partial charge in [0.2, 0.25) is 5.72 Å². The molecule has 0 N–H and O–H groups in total. The third-order valence-electron chi connectivity index (χ3n) is 5.58. The number of non-ortho nitro benzene ring substituents is 1. The molecule has 2 aliphatic rings. The van der Waals surface area contributed by atoms with Crippen molar-refractivity contribution in [1.82, 2.24) is 0 Å². The predicted octanol–water partition coefficient (Wildman–Crippen LogP) is 4.43. The van der Waals surface area contributed by atoms with Gasteiger partial charge in [0.05, 0.1) is 10.3 Å². The van der Waals surface area contributed by atoms with Crippen LogP contribution in [0.5, 0.6) is 5.75 Å². The van der Waals surface area contributed by atoms with Crippen molar-refractivity contribution < 1.29 is 9.66 Å². The lowest BCUT2D eigenvalue weighted by molar-refractivity contribution is -0.384. The minimum atomic E-state index is -0.662. The van der Waals surface area contributed by atoms with E-state index in [-0.39, 0.29) is 16.0 Å². The Hall–Kier alpha value is -2.82. The summed E-state index contributed by atoms with van der Waals surface area (Å²) >= 11 is 0. The molecule has 1 spiro atoms. The third kappa shape index (κ3) is 1.89. The Morgan fingerprint density at radius 1 is 1.20 bits per heavy atom. The zero-order valence-electron chi connectivity index (χ0n) is 14.7. The number of hydrogen-bond donors (Lipinski definition) is 0. The van der Waals surface area contributed by atoms with Crippen molar-refractivity contribution in [2.24, 2.45) is 0 Å². The summed E-state index contributed by atoms with van der Waals surface area (Å²) in [7, 11) is 2.03. The molecule has 1 unspecified atom stereocenters. The van der Waals surface area contributed by atoms with E-state index in [4.69, 9.17) is 4.74 Å². The van der Waals surface area contributed by atoms with Crippen LogP contribution >= 0.6 is 0 Å². The van der Waals surface area contributed by atoms with Gasteiger partial charge in [0.1, 0.15) is 5.75 Å². The van der Waals surface area contributed by atoms with E-state index in [1.54, 1.807) is 12.1 Å². The number of nitrogens with zero attached hydrogens (tertiary/aromatic N) is 2. The maximum Gasteiger partial charge on any atom is 0.270 e. The lowest BCUT2D eigenvalue weighted by atomic mass is 9.76. The summed E-state index contributed by atoms with van der Waals surface area (Å²) in [6.45, 7) is 6.20. The van der Waals surface area contributed by atoms with Gasteiger partial charge < -0.3 is 9.64 Å². The molecule has 2 aromatic rings. The van der Waals surface area contributed by atoms with Crippen LogP contribution in [0.1, 0.15) is 30.5 Å². The highest BCUT2D eigenvalue weighted by atomic mass is 16.6. The van der Waals surface area contributed by atoms with E-state index in [0.717, 1.165) is 16.8 Å². The first-order chi connectivity index (χ1) is 11.8. The Morgan fingerprint density at radius 3 is 2.60 bits per heavy atom. The molecule has 4 rings (SSSR count). The number of likely N-dealkylation sites (N-methyl/N-ethyl adjacent to an activating group) is 1. The van der Waals surface area contributed by atoms with E-state index in [2.05, 4.69) is 30.9 Å². The van der Waals surface area contributed by atoms with Crippen molar-refractivity contribution in [2.75, 3.05) is 11.9 Å². The maximum absolute atomic E-state index is 11.1. The quantitative estimate of drug-likeness (QED) is 0.571. The number of ether oxygens (including phenoxy) is 1. The molecular formula is C20H20N2O3. The minimum Gasteiger partial charge on any atom is -0.462 e. The van der Waals surface area contributed by atoms with Gasteiger partial charge in [-0.3, -0.25) is 10.1 Å². The predicted molar refractivity (Wildman–Crippen MR) is 98.1 cm³/mol. The van der Waals surface area contributed by atoms with Crippen LogP contribution in [-0.2, 0) is 5.41 Å². The molecule has 0 saturated heterocycles. The van der Waals surface area contributed by atoms with E-state index in [1.165, 1.54) is 5.56 Å². The average molecular weight is 336 g/mol. The molecule has 2 aliphatic heterocycles. The third-order valence-corrected chi connectivity index (χ3v) is 5.58. The van der Waals surface area contributed by atoms with E-state index in [9.17, 15) is 10.1 Å². The van der Waals surface area contributed by atoms with Gasteiger partial charge in [-0.25, -0.2) is 0 Å². The van der Waals surface area contributed by atoms with Gasteiger partial charge in [0.25, 0.3) is 5.69 Å². The lowest BCUT2D eigenvalue weighted by Gasteiger charge is -2.46. The van der Waals surface area contributed by atoms with Crippen molar-refractivity contribution >= 4 is 17.5 Å². The Bertz CT molecular complexity index is 933. The summed E-state index contributed by atoms with van der Waals surface area (Å²) < 4.78 is 6.57. The van der Waals surface area contributed by atoms with Crippen molar-refractivity contribution in [3.05, 3.63) is 69.3 Å². The lowest BCUT2D eigenvalue weighted by Crippen LogP contribution is -2.58. The van der Waals surface area contributed by atoms with Crippen LogP contribution in [0.25, 0.3) is 6.08 Å². The second-order valence-corrected chi connectivity index (χ2v) is 7.27. The number of para-hydroxylation sites is 1. The van der Waals surface area contributed by atoms with Gasteiger partial charge in [-0.2, -0.15) is 0 Å². The van der Waals surface area contributed by atoms with Crippen LogP contribution < -0.4 is 9.64 Å². The standard InChI is InChI=1S/C20H20N2O3/c1-13-11-15(22(23)24)12-14-9-10-20(25-18(13)14)19(2,3)16-7-5-6-8-17(16)21(20)4/h5-12H,1-4H3. The van der Waals surface area contributed by atoms with Crippen LogP contribution in [0.3, 0.4) is 0 Å². The number of anilines is 1. The Labute approximate surface area is 146 Å². The summed E-state index contributed by atoms with van der Waals surface area (Å²) in [5, 5.41) is 11.1. The second kappa shape index (κ2) is 4.85. The number of rotatable bonds is 1. The van der Waals surface area contributed by atoms with E-state index in [1.807, 2.05) is 38.3 Å². The van der Waals surface area contributed by atoms with Gasteiger partial charge in [-0.1, -0.05) is 18.2 Å². The highest BCUT2D eigenvalue weighted by molar-refractivity contribution is 5.73. The van der Waals surface area contributed by atoms with Crippen LogP contribution in [-0.4, -0.2) is 17.7 Å². The molecule has 0 aliphatic carbocycles. The summed E-state index contributed by atoms with van der Waals surface area (Å²) in [5.74, 6) is 0.709. The molecule has 1 atom stereocenters. The molecule has 5 heteroatoms. The molecular weight excluding hydrogens is 316 g/mol. The van der Waals surface area contributed by atoms with Gasteiger partial charge in [0, 0.05) is 30.4 Å². The van der Waals surface area contributed by atoms with Crippen molar-refractivity contribution in [3.63, 3.8) is 0 Å². The molecule has 0 amide bonds. The van der Waals surface area contributed by atoms with E-state index < -0.39 is 5.72 Å². The normalized spacial score (nSPS) is 22.5. The van der Waals surface area contributed by atoms with Gasteiger partial charge in [0.15, 0.2) is 0 Å². The number of hydrogen-bond acceptors (Lipinski definition) is 4. The monoisotopic (exact) mass is 336 g/mol. The van der Waals surface area contributed by atoms with Crippen LogP contribution in [0.4, 0.5) is 11.4 Å². The van der Waals surface area contributed by atoms with Gasteiger partial charge in [-0.15, -0.1) is 0 Å². The smallest absolute Gasteiger partial charge is 0.270 e. The molecule has 2 aromatic carbocycles. The maximum atomic E-state index is 11.1. The first-order valence-corrected chi connectivity index (χ1v) is 8.28. The number of fused-ring (bicyclic) bond motifs is 2. The Balaban J connectivity index is 1.88. The zero-order chi connectivity index (χ0) is 18.0. The van der Waals surface area contributed by atoms with E-state index >= 15 is 0 Å². The second-order valence-electron chi connectivity index (χ2n) is 7.27. The first kappa shape index (κ1) is 15.7. The molecule has 5 nitrogen and oxygen atoms in total. The van der Waals surface area contributed by atoms with Crippen LogP contribution in [0.2, 0.25) is 0 Å². The summed E-state index contributed by atoms with van der Waals surface area (Å²) in [6, 6.07) is 11.4. The molecule has 0 bridgehead atoms. The summed E-state index contributed by atoms with van der Waals surface area (Å²) in [5.41, 5.74) is 3.03. The molecule has 0 aromatic heterocycles. The zero-order valence-corrected chi connectivity index (χ0v) is 14.7. The fourth-order valence-electron chi connectivity index (χ4n) is 4.14. The summed E-state index contributed by atoms with van der Waals surface area (Å²) in [4.78, 5) is 12.9. The molecule has 0 radical (unpaired) electrons. The fourth-order valence-corrected chi connectivity index (χ4v) is 4.14. The fraction of sp³-hybridized carbons (Fsp3) is 0.300. The summed E-state index contributed by atoms with van der Waals surface area (Å²) in [6.07, 6.45) is 3.97. The topological polar surface area (TPSA) is 55.6 Å². The van der Waals surface area contributed by atoms with Gasteiger partial charge >= 0.3 is 0 Å². The van der Waals surface area contributed by atoms with Gasteiger partial charge in [-0.05, 0) is 50.1 Å². The average Bonchev–Trinajstić information content (AvgIpc) is 2.75. The molecule has 128 valence electrons. The molecule has 0 saturated carbocycles. The molecule has 2 heterocycles. The minimum absolute atomic E-state index is 0.0859. The molecule has 25 heavy (non-hydrogen) atoms. The van der Waals surface area contributed by atoms with Crippen molar-refractivity contribution in [1.29, 1.82) is 0 Å². The Kier molecular flexibility index (Phi) is 3.04. The number of nitro groups is 1. The number of aryl methyl sites for hydroxylation is 1.